The Morgan fingerprint density at radius 3 is 2.65 bits per heavy atom. The van der Waals surface area contributed by atoms with E-state index in [0.29, 0.717) is 5.75 Å². The van der Waals surface area contributed by atoms with Crippen molar-refractivity contribution in [3.8, 4) is 5.75 Å². The zero-order chi connectivity index (χ0) is 18.5. The van der Waals surface area contributed by atoms with Crippen LogP contribution in [0, 0.1) is 6.92 Å². The van der Waals surface area contributed by atoms with Gasteiger partial charge in [-0.1, -0.05) is 57.9 Å². The highest BCUT2D eigenvalue weighted by atomic mass is 79.9. The van der Waals surface area contributed by atoms with Crippen LogP contribution in [0.15, 0.2) is 68.6 Å². The van der Waals surface area contributed by atoms with Crippen LogP contribution in [0.25, 0.3) is 10.8 Å². The summed E-state index contributed by atoms with van der Waals surface area (Å²) in [5.41, 5.74) is 4.55. The lowest BCUT2D eigenvalue weighted by Crippen LogP contribution is -2.24. The predicted octanol–water partition coefficient (Wildman–Crippen LogP) is 5.20. The molecule has 3 aromatic carbocycles. The van der Waals surface area contributed by atoms with Crippen LogP contribution < -0.4 is 10.2 Å². The molecule has 6 heteroatoms. The number of rotatable bonds is 5. The molecule has 0 saturated heterocycles. The molecule has 0 bridgehead atoms. The van der Waals surface area contributed by atoms with Gasteiger partial charge in [-0.2, -0.15) is 5.10 Å². The summed E-state index contributed by atoms with van der Waals surface area (Å²) in [6, 6.07) is 17.6. The van der Waals surface area contributed by atoms with Crippen LogP contribution in [0.1, 0.15) is 11.1 Å². The molecule has 0 unspecified atom stereocenters. The van der Waals surface area contributed by atoms with Crippen molar-refractivity contribution in [1.82, 2.24) is 5.43 Å². The van der Waals surface area contributed by atoms with Crippen LogP contribution in [0.4, 0.5) is 0 Å². The number of nitrogens with zero attached hydrogens (tertiary/aromatic N) is 1. The molecule has 3 rings (SSSR count). The number of fused-ring (bicyclic) bond motifs is 1. The molecule has 0 aromatic heterocycles. The number of hydrogen-bond acceptors (Lipinski definition) is 3. The number of hydrazone groups is 1. The Morgan fingerprint density at radius 2 is 1.88 bits per heavy atom. The highest BCUT2D eigenvalue weighted by Crippen LogP contribution is 2.34. The molecule has 1 amide bonds. The average molecular weight is 476 g/mol. The Balaban J connectivity index is 1.59. The molecular weight excluding hydrogens is 460 g/mol. The number of benzene rings is 3. The van der Waals surface area contributed by atoms with Gasteiger partial charge in [-0.15, -0.1) is 0 Å². The molecule has 132 valence electrons. The normalized spacial score (nSPS) is 11.0. The molecule has 0 aliphatic rings. The molecule has 4 nitrogen and oxygen atoms in total. The van der Waals surface area contributed by atoms with E-state index in [2.05, 4.69) is 42.4 Å². The van der Waals surface area contributed by atoms with E-state index in [0.717, 1.165) is 25.3 Å². The summed E-state index contributed by atoms with van der Waals surface area (Å²) in [5, 5.41) is 6.04. The van der Waals surface area contributed by atoms with Crippen LogP contribution in [-0.2, 0) is 4.79 Å². The highest BCUT2D eigenvalue weighted by molar-refractivity contribution is 9.11. The number of halogens is 2. The molecule has 0 spiro atoms. The second-order valence-corrected chi connectivity index (χ2v) is 7.44. The summed E-state index contributed by atoms with van der Waals surface area (Å²) >= 11 is 7.00. The first kappa shape index (κ1) is 18.6. The van der Waals surface area contributed by atoms with Crippen LogP contribution in [-0.4, -0.2) is 18.7 Å². The third-order valence-electron chi connectivity index (χ3n) is 3.72. The zero-order valence-corrected chi connectivity index (χ0v) is 17.2. The summed E-state index contributed by atoms with van der Waals surface area (Å²) in [7, 11) is 0. The molecule has 0 heterocycles. The van der Waals surface area contributed by atoms with E-state index in [4.69, 9.17) is 4.74 Å². The van der Waals surface area contributed by atoms with E-state index < -0.39 is 0 Å². The average Bonchev–Trinajstić information content (AvgIpc) is 2.63. The van der Waals surface area contributed by atoms with Gasteiger partial charge >= 0.3 is 0 Å². The summed E-state index contributed by atoms with van der Waals surface area (Å²) in [6.45, 7) is 1.90. The molecule has 0 fully saturated rings. The van der Waals surface area contributed by atoms with E-state index >= 15 is 0 Å². The SMILES string of the molecule is Cc1ccc(/C=N/NC(=O)COc2ccc3cc(Br)ccc3c2Br)cc1. The molecule has 0 aliphatic carbocycles. The number of carbonyl (C=O) groups excluding carboxylic acids is 1. The van der Waals surface area contributed by atoms with E-state index in [1.165, 1.54) is 5.56 Å². The summed E-state index contributed by atoms with van der Waals surface area (Å²) in [6.07, 6.45) is 1.60. The van der Waals surface area contributed by atoms with E-state index in [9.17, 15) is 4.79 Å². The minimum atomic E-state index is -0.323. The number of amides is 1. The second kappa shape index (κ2) is 8.47. The largest absolute Gasteiger partial charge is 0.483 e. The number of ether oxygens (including phenoxy) is 1. The third kappa shape index (κ3) is 4.71. The monoisotopic (exact) mass is 474 g/mol. The van der Waals surface area contributed by atoms with Crippen molar-refractivity contribution in [2.24, 2.45) is 5.10 Å². The molecule has 0 aliphatic heterocycles. The smallest absolute Gasteiger partial charge is 0.277 e. The lowest BCUT2D eigenvalue weighted by atomic mass is 10.1. The minimum absolute atomic E-state index is 0.119. The predicted molar refractivity (Wildman–Crippen MR) is 112 cm³/mol. The van der Waals surface area contributed by atoms with Gasteiger partial charge in [-0.3, -0.25) is 4.79 Å². The Morgan fingerprint density at radius 1 is 1.12 bits per heavy atom. The summed E-state index contributed by atoms with van der Waals surface area (Å²) in [5.74, 6) is 0.286. The van der Waals surface area contributed by atoms with Gasteiger partial charge < -0.3 is 4.74 Å². The van der Waals surface area contributed by atoms with Crippen molar-refractivity contribution in [3.05, 3.63) is 74.7 Å². The van der Waals surface area contributed by atoms with Gasteiger partial charge in [-0.05, 0) is 57.4 Å². The van der Waals surface area contributed by atoms with Crippen LogP contribution >= 0.6 is 31.9 Å². The topological polar surface area (TPSA) is 50.7 Å². The van der Waals surface area contributed by atoms with Gasteiger partial charge in [0.05, 0.1) is 10.7 Å². The van der Waals surface area contributed by atoms with Gasteiger partial charge in [0.2, 0.25) is 0 Å². The molecular formula is C20H16Br2N2O2. The van der Waals surface area contributed by atoms with Crippen molar-refractivity contribution in [1.29, 1.82) is 0 Å². The summed E-state index contributed by atoms with van der Waals surface area (Å²) in [4.78, 5) is 11.9. The van der Waals surface area contributed by atoms with Crippen molar-refractivity contribution in [2.45, 2.75) is 6.92 Å². The Kier molecular flexibility index (Phi) is 6.06. The van der Waals surface area contributed by atoms with Gasteiger partial charge in [0, 0.05) is 4.47 Å². The number of nitrogens with one attached hydrogen (secondary N) is 1. The quantitative estimate of drug-likeness (QED) is 0.407. The van der Waals surface area contributed by atoms with E-state index in [1.54, 1.807) is 6.21 Å². The van der Waals surface area contributed by atoms with E-state index in [-0.39, 0.29) is 12.5 Å². The maximum atomic E-state index is 11.9. The molecule has 0 atom stereocenters. The maximum Gasteiger partial charge on any atom is 0.277 e. The van der Waals surface area contributed by atoms with Gasteiger partial charge in [0.25, 0.3) is 5.91 Å². The van der Waals surface area contributed by atoms with Gasteiger partial charge in [0.1, 0.15) is 5.75 Å². The standard InChI is InChI=1S/C20H16Br2N2O2/c1-13-2-4-14(5-3-13)11-23-24-19(25)12-26-18-9-6-15-10-16(21)7-8-17(15)20(18)22/h2-11H,12H2,1H3,(H,24,25)/b23-11+. The Labute approximate surface area is 168 Å². The van der Waals surface area contributed by atoms with Crippen molar-refractivity contribution in [3.63, 3.8) is 0 Å². The Bertz CT molecular complexity index is 969. The van der Waals surface area contributed by atoms with Gasteiger partial charge in [-0.25, -0.2) is 5.43 Å². The fourth-order valence-electron chi connectivity index (χ4n) is 2.36. The highest BCUT2D eigenvalue weighted by Gasteiger charge is 2.08. The molecule has 1 N–H and O–H groups in total. The van der Waals surface area contributed by atoms with Gasteiger partial charge in [0.15, 0.2) is 6.61 Å². The van der Waals surface area contributed by atoms with Crippen molar-refractivity contribution >= 4 is 54.8 Å². The van der Waals surface area contributed by atoms with E-state index in [1.807, 2.05) is 61.5 Å². The fraction of sp³-hybridized carbons (Fsp3) is 0.100. The lowest BCUT2D eigenvalue weighted by Gasteiger charge is -2.10. The number of aryl methyl sites for hydroxylation is 1. The van der Waals surface area contributed by atoms with Crippen molar-refractivity contribution < 1.29 is 9.53 Å². The minimum Gasteiger partial charge on any atom is -0.483 e. The first-order chi connectivity index (χ1) is 12.5. The zero-order valence-electron chi connectivity index (χ0n) is 14.0. The first-order valence-electron chi connectivity index (χ1n) is 7.92. The number of carbonyl (C=O) groups is 1. The van der Waals surface area contributed by atoms with Crippen molar-refractivity contribution in [2.75, 3.05) is 6.61 Å². The lowest BCUT2D eigenvalue weighted by molar-refractivity contribution is -0.123. The first-order valence-corrected chi connectivity index (χ1v) is 9.51. The Hall–Kier alpha value is -2.18. The number of hydrogen-bond donors (Lipinski definition) is 1. The third-order valence-corrected chi connectivity index (χ3v) is 5.03. The molecule has 0 radical (unpaired) electrons. The molecule has 3 aromatic rings. The molecule has 0 saturated carbocycles. The molecule has 26 heavy (non-hydrogen) atoms. The van der Waals surface area contributed by atoms with Crippen LogP contribution in [0.5, 0.6) is 5.75 Å². The summed E-state index contributed by atoms with van der Waals surface area (Å²) < 4.78 is 7.44. The van der Waals surface area contributed by atoms with Crippen LogP contribution in [0.2, 0.25) is 0 Å². The second-order valence-electron chi connectivity index (χ2n) is 5.74. The maximum absolute atomic E-state index is 11.9. The fourth-order valence-corrected chi connectivity index (χ4v) is 3.35. The van der Waals surface area contributed by atoms with Crippen LogP contribution in [0.3, 0.4) is 0 Å².